The van der Waals surface area contributed by atoms with Gasteiger partial charge in [0.25, 0.3) is 0 Å². The van der Waals surface area contributed by atoms with Crippen molar-refractivity contribution in [3.63, 3.8) is 0 Å². The molecule has 1 aromatic carbocycles. The Morgan fingerprint density at radius 2 is 1.89 bits per heavy atom. The molecule has 92 valence electrons. The fourth-order valence-corrected chi connectivity index (χ4v) is 1.68. The van der Waals surface area contributed by atoms with Gasteiger partial charge in [-0.2, -0.15) is 0 Å². The van der Waals surface area contributed by atoms with Crippen molar-refractivity contribution in [1.82, 2.24) is 9.97 Å². The highest BCUT2D eigenvalue weighted by Gasteiger charge is 2.13. The van der Waals surface area contributed by atoms with E-state index in [0.29, 0.717) is 5.82 Å². The lowest BCUT2D eigenvalue weighted by atomic mass is 10.3. The maximum atomic E-state index is 5.31. The zero-order chi connectivity index (χ0) is 12.4. The molecule has 0 saturated heterocycles. The van der Waals surface area contributed by atoms with Crippen molar-refractivity contribution in [3.05, 3.63) is 30.6 Å². The summed E-state index contributed by atoms with van der Waals surface area (Å²) in [5, 5.41) is 6.14. The summed E-state index contributed by atoms with van der Waals surface area (Å²) < 4.78 is 10.6. The molecule has 0 radical (unpaired) electrons. The molecule has 0 spiro atoms. The van der Waals surface area contributed by atoms with Crippen molar-refractivity contribution in [2.24, 2.45) is 0 Å². The van der Waals surface area contributed by atoms with E-state index in [4.69, 9.17) is 9.47 Å². The second-order valence-corrected chi connectivity index (χ2v) is 3.73. The quantitative estimate of drug-likeness (QED) is 0.860. The van der Waals surface area contributed by atoms with E-state index in [0.717, 1.165) is 23.0 Å². The number of rotatable bonds is 3. The van der Waals surface area contributed by atoms with Crippen LogP contribution in [0.5, 0.6) is 11.5 Å². The number of aromatic nitrogens is 2. The molecule has 2 aromatic rings. The first-order valence-electron chi connectivity index (χ1n) is 5.51. The molecular weight excluding hydrogens is 232 g/mol. The molecule has 1 aromatic heterocycles. The lowest BCUT2D eigenvalue weighted by Gasteiger charge is -2.07. The molecule has 6 heteroatoms. The van der Waals surface area contributed by atoms with Crippen molar-refractivity contribution in [2.75, 3.05) is 24.5 Å². The lowest BCUT2D eigenvalue weighted by Crippen LogP contribution is -1.97. The topological polar surface area (TPSA) is 68.3 Å². The van der Waals surface area contributed by atoms with Crippen LogP contribution in [0.4, 0.5) is 17.3 Å². The standard InChI is InChI=1S/C12H12N4O2/c1-13-11-5-12(15-6-14-11)16-8-2-3-9-10(4-8)18-7-17-9/h2-6H,7H2,1H3,(H2,13,14,15,16). The van der Waals surface area contributed by atoms with Crippen molar-refractivity contribution in [3.8, 4) is 11.5 Å². The van der Waals surface area contributed by atoms with E-state index in [-0.39, 0.29) is 6.79 Å². The predicted molar refractivity (Wildman–Crippen MR) is 67.4 cm³/mol. The first kappa shape index (κ1) is 10.6. The van der Waals surface area contributed by atoms with E-state index in [1.165, 1.54) is 6.33 Å². The molecule has 0 bridgehead atoms. The van der Waals surface area contributed by atoms with Crippen LogP contribution in [-0.2, 0) is 0 Å². The average molecular weight is 244 g/mol. The number of nitrogens with one attached hydrogen (secondary N) is 2. The van der Waals surface area contributed by atoms with Gasteiger partial charge in [0.05, 0.1) is 0 Å². The van der Waals surface area contributed by atoms with Gasteiger partial charge in [-0.25, -0.2) is 9.97 Å². The van der Waals surface area contributed by atoms with Gasteiger partial charge in [-0.05, 0) is 12.1 Å². The summed E-state index contributed by atoms with van der Waals surface area (Å²) in [6, 6.07) is 7.48. The maximum Gasteiger partial charge on any atom is 0.231 e. The fraction of sp³-hybridized carbons (Fsp3) is 0.167. The summed E-state index contributed by atoms with van der Waals surface area (Å²) >= 11 is 0. The highest BCUT2D eigenvalue weighted by Crippen LogP contribution is 2.34. The number of anilines is 3. The third kappa shape index (κ3) is 2.00. The zero-order valence-corrected chi connectivity index (χ0v) is 9.80. The van der Waals surface area contributed by atoms with Gasteiger partial charge in [0.2, 0.25) is 6.79 Å². The minimum atomic E-state index is 0.274. The summed E-state index contributed by atoms with van der Waals surface area (Å²) in [6.07, 6.45) is 1.50. The van der Waals surface area contributed by atoms with Crippen LogP contribution < -0.4 is 20.1 Å². The van der Waals surface area contributed by atoms with Crippen molar-refractivity contribution in [1.29, 1.82) is 0 Å². The first-order valence-corrected chi connectivity index (χ1v) is 5.51. The Morgan fingerprint density at radius 3 is 2.78 bits per heavy atom. The zero-order valence-electron chi connectivity index (χ0n) is 9.80. The molecule has 2 N–H and O–H groups in total. The third-order valence-corrected chi connectivity index (χ3v) is 2.57. The molecule has 3 rings (SSSR count). The van der Waals surface area contributed by atoms with E-state index in [2.05, 4.69) is 20.6 Å². The molecule has 1 aliphatic heterocycles. The highest BCUT2D eigenvalue weighted by atomic mass is 16.7. The van der Waals surface area contributed by atoms with Crippen molar-refractivity contribution < 1.29 is 9.47 Å². The predicted octanol–water partition coefficient (Wildman–Crippen LogP) is 1.99. The lowest BCUT2D eigenvalue weighted by molar-refractivity contribution is 0.174. The van der Waals surface area contributed by atoms with E-state index >= 15 is 0 Å². The summed E-state index contributed by atoms with van der Waals surface area (Å²) in [5.41, 5.74) is 0.889. The van der Waals surface area contributed by atoms with E-state index in [1.54, 1.807) is 0 Å². The third-order valence-electron chi connectivity index (χ3n) is 2.57. The number of hydrogen-bond acceptors (Lipinski definition) is 6. The summed E-state index contributed by atoms with van der Waals surface area (Å²) in [4.78, 5) is 8.19. The van der Waals surface area contributed by atoms with Gasteiger partial charge in [0.15, 0.2) is 11.5 Å². The van der Waals surface area contributed by atoms with Gasteiger partial charge in [-0.1, -0.05) is 0 Å². The SMILES string of the molecule is CNc1cc(Nc2ccc3c(c2)OCO3)ncn1. The molecule has 0 unspecified atom stereocenters. The largest absolute Gasteiger partial charge is 0.454 e. The van der Waals surface area contributed by atoms with Gasteiger partial charge in [-0.3, -0.25) is 0 Å². The minimum Gasteiger partial charge on any atom is -0.454 e. The van der Waals surface area contributed by atoms with Crippen LogP contribution in [0.1, 0.15) is 0 Å². The molecule has 0 aliphatic carbocycles. The molecule has 0 amide bonds. The molecule has 1 aliphatic rings. The van der Waals surface area contributed by atoms with Crippen LogP contribution in [0.2, 0.25) is 0 Å². The molecule has 2 heterocycles. The first-order chi connectivity index (χ1) is 8.85. The highest BCUT2D eigenvalue weighted by molar-refractivity contribution is 5.63. The monoisotopic (exact) mass is 244 g/mol. The Bertz CT molecular complexity index is 574. The van der Waals surface area contributed by atoms with Gasteiger partial charge < -0.3 is 20.1 Å². The van der Waals surface area contributed by atoms with Crippen LogP contribution in [0, 0.1) is 0 Å². The van der Waals surface area contributed by atoms with Crippen LogP contribution in [0.25, 0.3) is 0 Å². The molecule has 0 fully saturated rings. The van der Waals surface area contributed by atoms with Crippen LogP contribution >= 0.6 is 0 Å². The number of benzene rings is 1. The minimum absolute atomic E-state index is 0.274. The summed E-state index contributed by atoms with van der Waals surface area (Å²) in [5.74, 6) is 2.98. The summed E-state index contributed by atoms with van der Waals surface area (Å²) in [6.45, 7) is 0.274. The van der Waals surface area contributed by atoms with E-state index in [9.17, 15) is 0 Å². The molecule has 18 heavy (non-hydrogen) atoms. The number of fused-ring (bicyclic) bond motifs is 1. The van der Waals surface area contributed by atoms with E-state index in [1.807, 2.05) is 31.3 Å². The van der Waals surface area contributed by atoms with E-state index < -0.39 is 0 Å². The Labute approximate surface area is 104 Å². The Balaban J connectivity index is 1.83. The van der Waals surface area contributed by atoms with Gasteiger partial charge in [-0.15, -0.1) is 0 Å². The fourth-order valence-electron chi connectivity index (χ4n) is 1.68. The van der Waals surface area contributed by atoms with Crippen LogP contribution in [0.15, 0.2) is 30.6 Å². The van der Waals surface area contributed by atoms with Gasteiger partial charge >= 0.3 is 0 Å². The van der Waals surface area contributed by atoms with Crippen LogP contribution in [0.3, 0.4) is 0 Å². The van der Waals surface area contributed by atoms with Crippen molar-refractivity contribution >= 4 is 17.3 Å². The molecular formula is C12H12N4O2. The molecule has 0 saturated carbocycles. The average Bonchev–Trinajstić information content (AvgIpc) is 2.86. The maximum absolute atomic E-state index is 5.31. The van der Waals surface area contributed by atoms with Gasteiger partial charge in [0.1, 0.15) is 18.0 Å². The second kappa shape index (κ2) is 4.40. The Morgan fingerprint density at radius 1 is 1.06 bits per heavy atom. The summed E-state index contributed by atoms with van der Waals surface area (Å²) in [7, 11) is 1.81. The number of nitrogens with zero attached hydrogens (tertiary/aromatic N) is 2. The smallest absolute Gasteiger partial charge is 0.231 e. The molecule has 0 atom stereocenters. The normalized spacial score (nSPS) is 12.3. The van der Waals surface area contributed by atoms with Gasteiger partial charge in [0, 0.05) is 24.9 Å². The number of ether oxygens (including phenoxy) is 2. The second-order valence-electron chi connectivity index (χ2n) is 3.73. The van der Waals surface area contributed by atoms with Crippen LogP contribution in [-0.4, -0.2) is 23.8 Å². The molecule has 6 nitrogen and oxygen atoms in total. The van der Waals surface area contributed by atoms with Crippen molar-refractivity contribution in [2.45, 2.75) is 0 Å². The number of hydrogen-bond donors (Lipinski definition) is 2. The Hall–Kier alpha value is -2.50. The Kier molecular flexibility index (Phi) is 2.60.